The minimum absolute atomic E-state index is 0.00174. The molecule has 2 unspecified atom stereocenters. The molecular formula is C14H18F2N2O. The molecule has 0 heterocycles. The zero-order valence-electron chi connectivity index (χ0n) is 10.7. The SMILES string of the molecule is NC1CCCCC1CNC(=O)c1cc(F)cc(F)c1. The van der Waals surface area contributed by atoms with Gasteiger partial charge in [0.1, 0.15) is 11.6 Å². The van der Waals surface area contributed by atoms with Gasteiger partial charge in [-0.15, -0.1) is 0 Å². The van der Waals surface area contributed by atoms with Crippen LogP contribution in [0.5, 0.6) is 0 Å². The normalized spacial score (nSPS) is 23.1. The summed E-state index contributed by atoms with van der Waals surface area (Å²) in [7, 11) is 0. The van der Waals surface area contributed by atoms with Gasteiger partial charge in [-0.25, -0.2) is 8.78 Å². The standard InChI is InChI=1S/C14H18F2N2O/c15-11-5-10(6-12(16)7-11)14(19)18-8-9-3-1-2-4-13(9)17/h5-7,9,13H,1-4,8,17H2,(H,18,19). The number of benzene rings is 1. The Morgan fingerprint density at radius 2 is 1.84 bits per heavy atom. The second-order valence-electron chi connectivity index (χ2n) is 5.08. The maximum Gasteiger partial charge on any atom is 0.251 e. The number of carbonyl (C=O) groups is 1. The lowest BCUT2D eigenvalue weighted by molar-refractivity contribution is 0.0940. The molecular weight excluding hydrogens is 250 g/mol. The molecule has 2 rings (SSSR count). The maximum atomic E-state index is 13.0. The van der Waals surface area contributed by atoms with E-state index >= 15 is 0 Å². The molecule has 1 aromatic carbocycles. The number of hydrogen-bond acceptors (Lipinski definition) is 2. The van der Waals surface area contributed by atoms with E-state index in [2.05, 4.69) is 5.32 Å². The van der Waals surface area contributed by atoms with Crippen molar-refractivity contribution in [1.82, 2.24) is 5.32 Å². The summed E-state index contributed by atoms with van der Waals surface area (Å²) in [4.78, 5) is 11.8. The largest absolute Gasteiger partial charge is 0.352 e. The molecule has 104 valence electrons. The van der Waals surface area contributed by atoms with E-state index in [9.17, 15) is 13.6 Å². The van der Waals surface area contributed by atoms with Crippen LogP contribution < -0.4 is 11.1 Å². The van der Waals surface area contributed by atoms with Crippen molar-refractivity contribution < 1.29 is 13.6 Å². The minimum atomic E-state index is -0.750. The molecule has 3 N–H and O–H groups in total. The number of hydrogen-bond donors (Lipinski definition) is 2. The molecule has 2 atom stereocenters. The molecule has 1 fully saturated rings. The third-order valence-corrected chi connectivity index (χ3v) is 3.62. The van der Waals surface area contributed by atoms with Crippen molar-refractivity contribution >= 4 is 5.91 Å². The van der Waals surface area contributed by atoms with Crippen molar-refractivity contribution in [3.63, 3.8) is 0 Å². The zero-order valence-corrected chi connectivity index (χ0v) is 10.7. The second kappa shape index (κ2) is 6.10. The van der Waals surface area contributed by atoms with Gasteiger partial charge in [-0.3, -0.25) is 4.79 Å². The third kappa shape index (κ3) is 3.73. The number of amides is 1. The Kier molecular flexibility index (Phi) is 4.47. The zero-order chi connectivity index (χ0) is 13.8. The van der Waals surface area contributed by atoms with E-state index in [0.29, 0.717) is 6.54 Å². The number of carbonyl (C=O) groups excluding carboxylic acids is 1. The van der Waals surface area contributed by atoms with E-state index in [1.54, 1.807) is 0 Å². The first-order valence-corrected chi connectivity index (χ1v) is 6.56. The van der Waals surface area contributed by atoms with Gasteiger partial charge >= 0.3 is 0 Å². The summed E-state index contributed by atoms with van der Waals surface area (Å²) in [5.74, 6) is -1.72. The molecule has 0 aromatic heterocycles. The van der Waals surface area contributed by atoms with Crippen LogP contribution in [0.15, 0.2) is 18.2 Å². The molecule has 0 aliphatic heterocycles. The van der Waals surface area contributed by atoms with E-state index < -0.39 is 17.5 Å². The summed E-state index contributed by atoms with van der Waals surface area (Å²) >= 11 is 0. The molecule has 19 heavy (non-hydrogen) atoms. The summed E-state index contributed by atoms with van der Waals surface area (Å²) in [6.07, 6.45) is 4.19. The molecule has 0 spiro atoms. The molecule has 1 aromatic rings. The molecule has 1 aliphatic rings. The predicted molar refractivity (Wildman–Crippen MR) is 68.6 cm³/mol. The Bertz CT molecular complexity index is 445. The van der Waals surface area contributed by atoms with Gasteiger partial charge in [0.15, 0.2) is 0 Å². The summed E-state index contributed by atoms with van der Waals surface area (Å²) in [5.41, 5.74) is 5.98. The van der Waals surface area contributed by atoms with Gasteiger partial charge in [0.2, 0.25) is 0 Å². The lowest BCUT2D eigenvalue weighted by Gasteiger charge is -2.28. The Hall–Kier alpha value is -1.49. The quantitative estimate of drug-likeness (QED) is 0.883. The van der Waals surface area contributed by atoms with Crippen LogP contribution in [0, 0.1) is 17.6 Å². The molecule has 0 bridgehead atoms. The number of nitrogens with two attached hydrogens (primary N) is 1. The first kappa shape index (κ1) is 13.9. The topological polar surface area (TPSA) is 55.1 Å². The highest BCUT2D eigenvalue weighted by Crippen LogP contribution is 2.22. The second-order valence-corrected chi connectivity index (χ2v) is 5.08. The highest BCUT2D eigenvalue weighted by molar-refractivity contribution is 5.94. The van der Waals surface area contributed by atoms with Gasteiger partial charge in [0.25, 0.3) is 5.91 Å². The van der Waals surface area contributed by atoms with E-state index in [0.717, 1.165) is 43.9 Å². The van der Waals surface area contributed by atoms with Crippen molar-refractivity contribution in [3.05, 3.63) is 35.4 Å². The lowest BCUT2D eigenvalue weighted by atomic mass is 9.85. The molecule has 5 heteroatoms. The average molecular weight is 268 g/mol. The number of halogens is 2. The summed E-state index contributed by atoms with van der Waals surface area (Å²) in [6, 6.07) is 2.89. The highest BCUT2D eigenvalue weighted by atomic mass is 19.1. The van der Waals surface area contributed by atoms with E-state index in [1.165, 1.54) is 0 Å². The van der Waals surface area contributed by atoms with Crippen molar-refractivity contribution in [2.45, 2.75) is 31.7 Å². The predicted octanol–water partition coefficient (Wildman–Crippen LogP) is 2.21. The van der Waals surface area contributed by atoms with Crippen LogP contribution in [-0.2, 0) is 0 Å². The van der Waals surface area contributed by atoms with Crippen LogP contribution >= 0.6 is 0 Å². The molecule has 3 nitrogen and oxygen atoms in total. The molecule has 1 amide bonds. The Balaban J connectivity index is 1.93. The first-order chi connectivity index (χ1) is 9.06. The van der Waals surface area contributed by atoms with Crippen LogP contribution in [-0.4, -0.2) is 18.5 Å². The van der Waals surface area contributed by atoms with E-state index in [4.69, 9.17) is 5.73 Å². The monoisotopic (exact) mass is 268 g/mol. The van der Waals surface area contributed by atoms with Gasteiger partial charge in [-0.05, 0) is 30.9 Å². The molecule has 1 aliphatic carbocycles. The van der Waals surface area contributed by atoms with Crippen molar-refractivity contribution in [2.75, 3.05) is 6.54 Å². The first-order valence-electron chi connectivity index (χ1n) is 6.56. The van der Waals surface area contributed by atoms with Crippen LogP contribution in [0.1, 0.15) is 36.0 Å². The summed E-state index contributed by atoms with van der Waals surface area (Å²) in [5, 5.41) is 2.70. The summed E-state index contributed by atoms with van der Waals surface area (Å²) < 4.78 is 26.0. The van der Waals surface area contributed by atoms with Gasteiger partial charge in [-0.2, -0.15) is 0 Å². The maximum absolute atomic E-state index is 13.0. The van der Waals surface area contributed by atoms with E-state index in [1.807, 2.05) is 0 Å². The van der Waals surface area contributed by atoms with Crippen molar-refractivity contribution in [1.29, 1.82) is 0 Å². The lowest BCUT2D eigenvalue weighted by Crippen LogP contribution is -2.41. The van der Waals surface area contributed by atoms with Crippen LogP contribution in [0.4, 0.5) is 8.78 Å². The fraction of sp³-hybridized carbons (Fsp3) is 0.500. The van der Waals surface area contributed by atoms with Crippen LogP contribution in [0.3, 0.4) is 0 Å². The fourth-order valence-corrected chi connectivity index (χ4v) is 2.50. The van der Waals surface area contributed by atoms with Gasteiger partial charge in [0.05, 0.1) is 0 Å². The molecule has 1 saturated carbocycles. The summed E-state index contributed by atoms with van der Waals surface area (Å²) in [6.45, 7) is 0.456. The fourth-order valence-electron chi connectivity index (χ4n) is 2.50. The average Bonchev–Trinajstić information content (AvgIpc) is 2.36. The molecule has 0 saturated heterocycles. The Morgan fingerprint density at radius 3 is 2.47 bits per heavy atom. The van der Waals surface area contributed by atoms with Gasteiger partial charge < -0.3 is 11.1 Å². The van der Waals surface area contributed by atoms with Gasteiger partial charge in [0, 0.05) is 24.2 Å². The Labute approximate surface area is 111 Å². The Morgan fingerprint density at radius 1 is 1.21 bits per heavy atom. The van der Waals surface area contributed by atoms with Crippen LogP contribution in [0.2, 0.25) is 0 Å². The minimum Gasteiger partial charge on any atom is -0.352 e. The number of nitrogens with one attached hydrogen (secondary N) is 1. The smallest absolute Gasteiger partial charge is 0.251 e. The molecule has 0 radical (unpaired) electrons. The van der Waals surface area contributed by atoms with Crippen LogP contribution in [0.25, 0.3) is 0 Å². The van der Waals surface area contributed by atoms with Crippen molar-refractivity contribution in [2.24, 2.45) is 11.7 Å². The highest BCUT2D eigenvalue weighted by Gasteiger charge is 2.22. The van der Waals surface area contributed by atoms with Crippen molar-refractivity contribution in [3.8, 4) is 0 Å². The third-order valence-electron chi connectivity index (χ3n) is 3.62. The number of rotatable bonds is 3. The van der Waals surface area contributed by atoms with Gasteiger partial charge in [-0.1, -0.05) is 12.8 Å². The van der Waals surface area contributed by atoms with E-state index in [-0.39, 0.29) is 17.5 Å².